The van der Waals surface area contributed by atoms with Gasteiger partial charge in [-0.05, 0) is 49.6 Å². The third-order valence-corrected chi connectivity index (χ3v) is 7.48. The molecule has 2 aromatic rings. The largest absolute Gasteiger partial charge is 0.462 e. The first-order valence-corrected chi connectivity index (χ1v) is 12.5. The maximum Gasteiger partial charge on any atom is 0.340 e. The van der Waals surface area contributed by atoms with Crippen LogP contribution in [0.15, 0.2) is 53.0 Å². The number of hydrogen-bond acceptors (Lipinski definition) is 5. The number of benzene rings is 2. The first-order valence-electron chi connectivity index (χ1n) is 10.1. The summed E-state index contributed by atoms with van der Waals surface area (Å²) in [6.07, 6.45) is 0.843. The van der Waals surface area contributed by atoms with Crippen molar-refractivity contribution in [1.29, 1.82) is 0 Å². The Morgan fingerprint density at radius 2 is 1.84 bits per heavy atom. The lowest BCUT2D eigenvalue weighted by molar-refractivity contribution is -0.120. The van der Waals surface area contributed by atoms with Gasteiger partial charge in [0.2, 0.25) is 15.9 Å². The van der Waals surface area contributed by atoms with Gasteiger partial charge < -0.3 is 10.1 Å². The standard InChI is InChI=1S/C22H25BrN2O5S/c1-2-30-22(27)19-8-3-4-9-20(19)24-21(26)17-10-12-25(13-11-17)31(28,29)15-16-6-5-7-18(23)14-16/h3-9,14,17H,2,10-13,15H2,1H3,(H,24,26). The molecule has 1 aliphatic rings. The van der Waals surface area contributed by atoms with E-state index >= 15 is 0 Å². The van der Waals surface area contributed by atoms with Crippen LogP contribution in [0.5, 0.6) is 0 Å². The lowest BCUT2D eigenvalue weighted by Crippen LogP contribution is -2.42. The Labute approximate surface area is 191 Å². The van der Waals surface area contributed by atoms with Crippen molar-refractivity contribution in [3.8, 4) is 0 Å². The maximum absolute atomic E-state index is 12.8. The zero-order valence-electron chi connectivity index (χ0n) is 17.2. The fraction of sp³-hybridized carbons (Fsp3) is 0.364. The van der Waals surface area contributed by atoms with Gasteiger partial charge in [0.25, 0.3) is 0 Å². The van der Waals surface area contributed by atoms with Gasteiger partial charge in [0, 0.05) is 23.5 Å². The molecule has 1 amide bonds. The molecule has 1 aliphatic heterocycles. The van der Waals surface area contributed by atoms with E-state index < -0.39 is 16.0 Å². The quantitative estimate of drug-likeness (QED) is 0.574. The van der Waals surface area contributed by atoms with Gasteiger partial charge in [-0.1, -0.05) is 40.2 Å². The summed E-state index contributed by atoms with van der Waals surface area (Å²) in [6, 6.07) is 13.9. The number of carbonyl (C=O) groups is 2. The van der Waals surface area contributed by atoms with Gasteiger partial charge in [-0.2, -0.15) is 0 Å². The van der Waals surface area contributed by atoms with Crippen LogP contribution in [0.4, 0.5) is 5.69 Å². The van der Waals surface area contributed by atoms with Gasteiger partial charge in [-0.25, -0.2) is 17.5 Å². The Morgan fingerprint density at radius 1 is 1.13 bits per heavy atom. The third kappa shape index (κ3) is 6.15. The number of sulfonamides is 1. The Morgan fingerprint density at radius 3 is 2.52 bits per heavy atom. The lowest BCUT2D eigenvalue weighted by atomic mass is 9.97. The minimum atomic E-state index is -3.47. The predicted octanol–water partition coefficient (Wildman–Crippen LogP) is 3.81. The van der Waals surface area contributed by atoms with Crippen molar-refractivity contribution in [2.45, 2.75) is 25.5 Å². The maximum atomic E-state index is 12.8. The highest BCUT2D eigenvalue weighted by molar-refractivity contribution is 9.10. The number of rotatable bonds is 7. The summed E-state index contributed by atoms with van der Waals surface area (Å²) in [6.45, 7) is 2.54. The van der Waals surface area contributed by atoms with Gasteiger partial charge in [0.05, 0.1) is 23.6 Å². The van der Waals surface area contributed by atoms with Crippen LogP contribution in [0.25, 0.3) is 0 Å². The molecule has 7 nitrogen and oxygen atoms in total. The molecule has 0 bridgehead atoms. The highest BCUT2D eigenvalue weighted by Gasteiger charge is 2.31. The van der Waals surface area contributed by atoms with Crippen LogP contribution in [0.1, 0.15) is 35.7 Å². The van der Waals surface area contributed by atoms with Crippen LogP contribution in [-0.2, 0) is 25.3 Å². The van der Waals surface area contributed by atoms with E-state index in [-0.39, 0.29) is 37.3 Å². The Bertz CT molecular complexity index is 1050. The molecule has 1 fully saturated rings. The number of amides is 1. The first kappa shape index (κ1) is 23.4. The molecule has 1 saturated heterocycles. The molecular formula is C22H25BrN2O5S. The minimum Gasteiger partial charge on any atom is -0.462 e. The summed E-state index contributed by atoms with van der Waals surface area (Å²) in [5.41, 5.74) is 1.41. The molecule has 9 heteroatoms. The molecule has 0 atom stereocenters. The number of hydrogen-bond donors (Lipinski definition) is 1. The van der Waals surface area contributed by atoms with Gasteiger partial charge in [0.1, 0.15) is 0 Å². The summed E-state index contributed by atoms with van der Waals surface area (Å²) < 4.78 is 32.9. The first-order chi connectivity index (χ1) is 14.8. The number of carbonyl (C=O) groups excluding carboxylic acids is 2. The second-order valence-corrected chi connectivity index (χ2v) is 10.2. The molecule has 0 unspecified atom stereocenters. The van der Waals surface area contributed by atoms with Crippen LogP contribution >= 0.6 is 15.9 Å². The number of piperidine rings is 1. The molecule has 31 heavy (non-hydrogen) atoms. The van der Waals surface area contributed by atoms with E-state index in [4.69, 9.17) is 4.74 Å². The summed E-state index contributed by atoms with van der Waals surface area (Å²) in [5, 5.41) is 2.81. The molecule has 0 spiro atoms. The molecule has 0 aliphatic carbocycles. The van der Waals surface area contributed by atoms with Gasteiger partial charge in [-0.15, -0.1) is 0 Å². The Kier molecular flexibility index (Phi) is 7.85. The Balaban J connectivity index is 1.60. The van der Waals surface area contributed by atoms with E-state index in [0.717, 1.165) is 4.47 Å². The number of anilines is 1. The number of nitrogens with zero attached hydrogens (tertiary/aromatic N) is 1. The molecular weight excluding hydrogens is 484 g/mol. The van der Waals surface area contributed by atoms with Crippen LogP contribution in [0.2, 0.25) is 0 Å². The molecule has 1 N–H and O–H groups in total. The van der Waals surface area contributed by atoms with Crippen LogP contribution in [0, 0.1) is 5.92 Å². The monoisotopic (exact) mass is 508 g/mol. The van der Waals surface area contributed by atoms with Crippen molar-refractivity contribution in [2.75, 3.05) is 25.0 Å². The summed E-state index contributed by atoms with van der Waals surface area (Å²) >= 11 is 3.36. The summed E-state index contributed by atoms with van der Waals surface area (Å²) in [7, 11) is -3.47. The van der Waals surface area contributed by atoms with E-state index in [1.54, 1.807) is 49.4 Å². The van der Waals surface area contributed by atoms with E-state index in [2.05, 4.69) is 21.2 Å². The number of nitrogens with one attached hydrogen (secondary N) is 1. The Hall–Kier alpha value is -2.23. The highest BCUT2D eigenvalue weighted by atomic mass is 79.9. The van der Waals surface area contributed by atoms with Gasteiger partial charge in [0.15, 0.2) is 0 Å². The molecule has 3 rings (SSSR count). The molecule has 0 radical (unpaired) electrons. The zero-order valence-corrected chi connectivity index (χ0v) is 19.6. The smallest absolute Gasteiger partial charge is 0.340 e. The van der Waals surface area contributed by atoms with Crippen LogP contribution in [-0.4, -0.2) is 44.3 Å². The highest BCUT2D eigenvalue weighted by Crippen LogP contribution is 2.25. The number of para-hydroxylation sites is 1. The second kappa shape index (κ2) is 10.4. The van der Waals surface area contributed by atoms with Crippen molar-refractivity contribution >= 4 is 43.5 Å². The fourth-order valence-corrected chi connectivity index (χ4v) is 5.54. The SMILES string of the molecule is CCOC(=O)c1ccccc1NC(=O)C1CCN(S(=O)(=O)Cc2cccc(Br)c2)CC1. The number of esters is 1. The van der Waals surface area contributed by atoms with Crippen molar-refractivity contribution in [2.24, 2.45) is 5.92 Å². The second-order valence-electron chi connectivity index (χ2n) is 7.31. The molecule has 2 aromatic carbocycles. The molecule has 0 saturated carbocycles. The summed E-state index contributed by atoms with van der Waals surface area (Å²) in [4.78, 5) is 24.8. The van der Waals surface area contributed by atoms with Crippen molar-refractivity contribution < 1.29 is 22.7 Å². The van der Waals surface area contributed by atoms with Gasteiger partial charge >= 0.3 is 5.97 Å². The number of halogens is 1. The average Bonchev–Trinajstić information content (AvgIpc) is 2.74. The van der Waals surface area contributed by atoms with E-state index in [1.165, 1.54) is 4.31 Å². The minimum absolute atomic E-state index is 0.0732. The lowest BCUT2D eigenvalue weighted by Gasteiger charge is -2.30. The van der Waals surface area contributed by atoms with Crippen molar-refractivity contribution in [1.82, 2.24) is 4.31 Å². The van der Waals surface area contributed by atoms with E-state index in [0.29, 0.717) is 29.7 Å². The normalized spacial score (nSPS) is 15.4. The molecule has 166 valence electrons. The van der Waals surface area contributed by atoms with Crippen molar-refractivity contribution in [3.63, 3.8) is 0 Å². The van der Waals surface area contributed by atoms with E-state index in [1.807, 2.05) is 6.07 Å². The number of ether oxygens (including phenoxy) is 1. The average molecular weight is 509 g/mol. The summed E-state index contributed by atoms with van der Waals surface area (Å²) in [5.74, 6) is -1.11. The van der Waals surface area contributed by atoms with Crippen LogP contribution in [0.3, 0.4) is 0 Å². The van der Waals surface area contributed by atoms with E-state index in [9.17, 15) is 18.0 Å². The van der Waals surface area contributed by atoms with Gasteiger partial charge in [-0.3, -0.25) is 4.79 Å². The third-order valence-electron chi connectivity index (χ3n) is 5.14. The topological polar surface area (TPSA) is 92.8 Å². The molecule has 1 heterocycles. The predicted molar refractivity (Wildman–Crippen MR) is 122 cm³/mol. The zero-order chi connectivity index (χ0) is 22.4. The fourth-order valence-electron chi connectivity index (χ4n) is 3.54. The van der Waals surface area contributed by atoms with Crippen LogP contribution < -0.4 is 5.32 Å². The van der Waals surface area contributed by atoms with Crippen molar-refractivity contribution in [3.05, 3.63) is 64.1 Å². The molecule has 0 aromatic heterocycles.